The molecule has 7 nitrogen and oxygen atoms in total. The minimum Gasteiger partial charge on any atom is -0.482 e. The molecule has 0 aromatic carbocycles. The van der Waals surface area contributed by atoms with Crippen molar-refractivity contribution in [3.8, 4) is 5.75 Å². The molecular formula is C19H27N3O4. The highest BCUT2D eigenvalue weighted by Crippen LogP contribution is 2.30. The standard InChI is InChI=1S/C19H27N3O4/c1-15(2)22-9-4-3-7-19(18(22)24)14-21(10-11-26-19)17(23)13-25-16-6-5-8-20-12-16/h5-6,8,12,15H,3-4,7,9-11,13-14H2,1-2H3. The Morgan fingerprint density at radius 3 is 2.96 bits per heavy atom. The summed E-state index contributed by atoms with van der Waals surface area (Å²) < 4.78 is 11.5. The van der Waals surface area contributed by atoms with E-state index in [2.05, 4.69) is 4.98 Å². The van der Waals surface area contributed by atoms with Crippen molar-refractivity contribution in [2.45, 2.75) is 44.8 Å². The maximum atomic E-state index is 13.1. The van der Waals surface area contributed by atoms with Gasteiger partial charge in [-0.1, -0.05) is 0 Å². The first-order valence-electron chi connectivity index (χ1n) is 9.27. The second-order valence-electron chi connectivity index (χ2n) is 7.18. The Balaban J connectivity index is 1.67. The lowest BCUT2D eigenvalue weighted by Crippen LogP contribution is -2.62. The van der Waals surface area contributed by atoms with Crippen molar-refractivity contribution >= 4 is 11.8 Å². The summed E-state index contributed by atoms with van der Waals surface area (Å²) in [5.41, 5.74) is -0.914. The first kappa shape index (κ1) is 18.6. The van der Waals surface area contributed by atoms with Gasteiger partial charge in [0.05, 0.1) is 19.3 Å². The topological polar surface area (TPSA) is 72.0 Å². The summed E-state index contributed by atoms with van der Waals surface area (Å²) >= 11 is 0. The summed E-state index contributed by atoms with van der Waals surface area (Å²) in [6.07, 6.45) is 5.76. The summed E-state index contributed by atoms with van der Waals surface area (Å²) in [4.78, 5) is 33.3. The first-order chi connectivity index (χ1) is 12.5. The van der Waals surface area contributed by atoms with Gasteiger partial charge in [-0.3, -0.25) is 14.6 Å². The van der Waals surface area contributed by atoms with Crippen molar-refractivity contribution < 1.29 is 19.1 Å². The van der Waals surface area contributed by atoms with Crippen molar-refractivity contribution in [3.05, 3.63) is 24.5 Å². The zero-order chi connectivity index (χ0) is 18.6. The first-order valence-corrected chi connectivity index (χ1v) is 9.27. The van der Waals surface area contributed by atoms with Gasteiger partial charge in [-0.2, -0.15) is 0 Å². The molecule has 26 heavy (non-hydrogen) atoms. The van der Waals surface area contributed by atoms with Crippen LogP contribution in [0.3, 0.4) is 0 Å². The van der Waals surface area contributed by atoms with E-state index in [0.717, 1.165) is 19.4 Å². The molecule has 0 N–H and O–H groups in total. The molecule has 142 valence electrons. The van der Waals surface area contributed by atoms with E-state index >= 15 is 0 Å². The van der Waals surface area contributed by atoms with Gasteiger partial charge in [0.25, 0.3) is 11.8 Å². The summed E-state index contributed by atoms with van der Waals surface area (Å²) in [5, 5.41) is 0. The van der Waals surface area contributed by atoms with Gasteiger partial charge in [0.1, 0.15) is 5.75 Å². The maximum Gasteiger partial charge on any atom is 0.260 e. The van der Waals surface area contributed by atoms with Crippen LogP contribution in [0, 0.1) is 0 Å². The van der Waals surface area contributed by atoms with Crippen LogP contribution in [0.5, 0.6) is 5.75 Å². The van der Waals surface area contributed by atoms with Gasteiger partial charge < -0.3 is 19.3 Å². The van der Waals surface area contributed by atoms with Crippen LogP contribution < -0.4 is 4.74 Å². The molecule has 1 aromatic rings. The van der Waals surface area contributed by atoms with Crippen molar-refractivity contribution in [2.75, 3.05) is 32.8 Å². The van der Waals surface area contributed by atoms with E-state index in [1.807, 2.05) is 18.7 Å². The smallest absolute Gasteiger partial charge is 0.260 e. The van der Waals surface area contributed by atoms with Gasteiger partial charge in [0, 0.05) is 25.3 Å². The Morgan fingerprint density at radius 1 is 1.38 bits per heavy atom. The average molecular weight is 361 g/mol. The fraction of sp³-hybridized carbons (Fsp3) is 0.632. The fourth-order valence-electron chi connectivity index (χ4n) is 3.60. The number of likely N-dealkylation sites (tertiary alicyclic amines) is 1. The van der Waals surface area contributed by atoms with Crippen LogP contribution in [0.15, 0.2) is 24.5 Å². The predicted octanol–water partition coefficient (Wildman–Crippen LogP) is 1.48. The van der Waals surface area contributed by atoms with E-state index in [0.29, 0.717) is 31.9 Å². The van der Waals surface area contributed by atoms with Crippen molar-refractivity contribution in [1.82, 2.24) is 14.8 Å². The molecule has 0 aliphatic carbocycles. The summed E-state index contributed by atoms with van der Waals surface area (Å²) in [7, 11) is 0. The Labute approximate surface area is 154 Å². The highest BCUT2D eigenvalue weighted by molar-refractivity contribution is 5.87. The number of amides is 2. The Hall–Kier alpha value is -2.15. The molecule has 2 fully saturated rings. The number of pyridine rings is 1. The van der Waals surface area contributed by atoms with Crippen LogP contribution in [0.2, 0.25) is 0 Å². The average Bonchev–Trinajstić information content (AvgIpc) is 2.80. The molecule has 1 aromatic heterocycles. The molecule has 0 bridgehead atoms. The van der Waals surface area contributed by atoms with Gasteiger partial charge in [-0.05, 0) is 45.2 Å². The molecule has 2 aliphatic rings. The van der Waals surface area contributed by atoms with Gasteiger partial charge in [0.2, 0.25) is 0 Å². The van der Waals surface area contributed by atoms with Gasteiger partial charge in [-0.15, -0.1) is 0 Å². The zero-order valence-electron chi connectivity index (χ0n) is 15.5. The molecule has 2 saturated heterocycles. The maximum absolute atomic E-state index is 13.1. The molecule has 2 aliphatic heterocycles. The van der Waals surface area contributed by atoms with Crippen molar-refractivity contribution in [3.63, 3.8) is 0 Å². The summed E-state index contributed by atoms with van der Waals surface area (Å²) in [6, 6.07) is 3.64. The largest absolute Gasteiger partial charge is 0.482 e. The molecule has 3 heterocycles. The molecule has 1 spiro atoms. The number of aromatic nitrogens is 1. The lowest BCUT2D eigenvalue weighted by molar-refractivity contribution is -0.176. The van der Waals surface area contributed by atoms with Crippen LogP contribution in [0.1, 0.15) is 33.1 Å². The second kappa shape index (κ2) is 8.03. The molecule has 1 atom stereocenters. The van der Waals surface area contributed by atoms with Crippen molar-refractivity contribution in [2.24, 2.45) is 0 Å². The third-order valence-corrected chi connectivity index (χ3v) is 5.04. The number of hydrogen-bond acceptors (Lipinski definition) is 5. The minimum absolute atomic E-state index is 0.00989. The molecule has 7 heteroatoms. The Kier molecular flexibility index (Phi) is 5.76. The van der Waals surface area contributed by atoms with Gasteiger partial charge >= 0.3 is 0 Å². The van der Waals surface area contributed by atoms with E-state index in [1.165, 1.54) is 0 Å². The van der Waals surface area contributed by atoms with E-state index in [4.69, 9.17) is 9.47 Å². The normalized spacial score (nSPS) is 24.0. The molecule has 0 radical (unpaired) electrons. The number of carbonyl (C=O) groups excluding carboxylic acids is 2. The summed E-state index contributed by atoms with van der Waals surface area (Å²) in [6.45, 7) is 5.87. The lowest BCUT2D eigenvalue weighted by atomic mass is 9.93. The van der Waals surface area contributed by atoms with Gasteiger partial charge in [-0.25, -0.2) is 0 Å². The van der Waals surface area contributed by atoms with E-state index in [1.54, 1.807) is 29.4 Å². The third kappa shape index (κ3) is 3.98. The van der Waals surface area contributed by atoms with E-state index in [-0.39, 0.29) is 24.5 Å². The van der Waals surface area contributed by atoms with Crippen LogP contribution in [-0.4, -0.2) is 71.1 Å². The van der Waals surface area contributed by atoms with E-state index in [9.17, 15) is 9.59 Å². The molecule has 1 unspecified atom stereocenters. The van der Waals surface area contributed by atoms with Crippen LogP contribution >= 0.6 is 0 Å². The van der Waals surface area contributed by atoms with Crippen LogP contribution in [0.25, 0.3) is 0 Å². The third-order valence-electron chi connectivity index (χ3n) is 5.04. The quantitative estimate of drug-likeness (QED) is 0.812. The minimum atomic E-state index is -0.914. The monoisotopic (exact) mass is 361 g/mol. The highest BCUT2D eigenvalue weighted by atomic mass is 16.5. The molecule has 3 rings (SSSR count). The number of hydrogen-bond donors (Lipinski definition) is 0. The molecule has 2 amide bonds. The predicted molar refractivity (Wildman–Crippen MR) is 95.7 cm³/mol. The zero-order valence-corrected chi connectivity index (χ0v) is 15.5. The van der Waals surface area contributed by atoms with Crippen molar-refractivity contribution in [1.29, 1.82) is 0 Å². The highest BCUT2D eigenvalue weighted by Gasteiger charge is 2.48. The lowest BCUT2D eigenvalue weighted by Gasteiger charge is -2.43. The number of ether oxygens (including phenoxy) is 2. The number of morpholine rings is 1. The number of carbonyl (C=O) groups is 2. The molecule has 0 saturated carbocycles. The van der Waals surface area contributed by atoms with E-state index < -0.39 is 5.60 Å². The SMILES string of the molecule is CC(C)N1CCCCC2(CN(C(=O)COc3cccnc3)CCO2)C1=O. The Bertz CT molecular complexity index is 637. The fourth-order valence-corrected chi connectivity index (χ4v) is 3.60. The molecular weight excluding hydrogens is 334 g/mol. The van der Waals surface area contributed by atoms with Crippen LogP contribution in [0.4, 0.5) is 0 Å². The van der Waals surface area contributed by atoms with Crippen LogP contribution in [-0.2, 0) is 14.3 Å². The number of rotatable bonds is 4. The summed E-state index contributed by atoms with van der Waals surface area (Å²) in [5.74, 6) is 0.431. The Morgan fingerprint density at radius 2 is 2.23 bits per heavy atom. The second-order valence-corrected chi connectivity index (χ2v) is 7.18. The van der Waals surface area contributed by atoms with Gasteiger partial charge in [0.15, 0.2) is 12.2 Å². The number of nitrogens with zero attached hydrogens (tertiary/aromatic N) is 3.